The lowest BCUT2D eigenvalue weighted by molar-refractivity contribution is 0.0948. The van der Waals surface area contributed by atoms with Crippen molar-refractivity contribution in [3.05, 3.63) is 47.3 Å². The first-order valence-corrected chi connectivity index (χ1v) is 8.18. The number of carbonyl (C=O) groups excluding carboxylic acids is 1. The van der Waals surface area contributed by atoms with Gasteiger partial charge in [0, 0.05) is 18.4 Å². The molecule has 0 radical (unpaired) electrons. The average molecular weight is 312 g/mol. The zero-order valence-electron chi connectivity index (χ0n) is 14.0. The fraction of sp³-hybridized carbons (Fsp3) is 0.389. The fourth-order valence-electron chi connectivity index (χ4n) is 2.39. The van der Waals surface area contributed by atoms with Crippen LogP contribution in [0.15, 0.2) is 30.5 Å². The molecule has 23 heavy (non-hydrogen) atoms. The highest BCUT2D eigenvalue weighted by Gasteiger charge is 2.11. The van der Waals surface area contributed by atoms with Gasteiger partial charge in [-0.15, -0.1) is 0 Å². The van der Waals surface area contributed by atoms with Gasteiger partial charge in [0.2, 0.25) is 5.95 Å². The zero-order chi connectivity index (χ0) is 16.7. The van der Waals surface area contributed by atoms with Crippen molar-refractivity contribution in [2.24, 2.45) is 0 Å². The Balaban J connectivity index is 2.26. The zero-order valence-corrected chi connectivity index (χ0v) is 14.0. The number of para-hydroxylation sites is 1. The number of amides is 1. The molecule has 2 aromatic rings. The molecule has 0 fully saturated rings. The Hall–Kier alpha value is -2.43. The maximum Gasteiger partial charge on any atom is 0.270 e. The molecule has 0 aliphatic rings. The second-order valence-corrected chi connectivity index (χ2v) is 5.30. The minimum atomic E-state index is -0.170. The molecule has 0 saturated heterocycles. The maximum absolute atomic E-state index is 12.0. The van der Waals surface area contributed by atoms with E-state index in [0.29, 0.717) is 18.2 Å². The van der Waals surface area contributed by atoms with E-state index in [-0.39, 0.29) is 5.91 Å². The molecule has 0 saturated carbocycles. The van der Waals surface area contributed by atoms with E-state index in [9.17, 15) is 4.79 Å². The van der Waals surface area contributed by atoms with Crippen molar-refractivity contribution < 1.29 is 4.79 Å². The monoisotopic (exact) mass is 312 g/mol. The minimum Gasteiger partial charge on any atom is -0.351 e. The molecule has 0 unspecified atom stereocenters. The van der Waals surface area contributed by atoms with Crippen LogP contribution in [0.1, 0.15) is 48.8 Å². The molecule has 122 valence electrons. The van der Waals surface area contributed by atoms with Gasteiger partial charge in [-0.2, -0.15) is 0 Å². The molecule has 0 aliphatic carbocycles. The van der Waals surface area contributed by atoms with Crippen LogP contribution in [0.3, 0.4) is 0 Å². The van der Waals surface area contributed by atoms with E-state index >= 15 is 0 Å². The Morgan fingerprint density at radius 1 is 1.09 bits per heavy atom. The van der Waals surface area contributed by atoms with Crippen molar-refractivity contribution in [1.82, 2.24) is 15.3 Å². The van der Waals surface area contributed by atoms with E-state index in [4.69, 9.17) is 0 Å². The normalized spacial score (nSPS) is 10.4. The van der Waals surface area contributed by atoms with Gasteiger partial charge in [-0.05, 0) is 36.5 Å². The Bertz CT molecular complexity index is 648. The molecular formula is C18H24N4O. The van der Waals surface area contributed by atoms with E-state index in [0.717, 1.165) is 24.9 Å². The second-order valence-electron chi connectivity index (χ2n) is 5.30. The molecule has 1 aromatic heterocycles. The first-order valence-electron chi connectivity index (χ1n) is 8.18. The van der Waals surface area contributed by atoms with Crippen LogP contribution in [-0.2, 0) is 12.8 Å². The molecule has 0 bridgehead atoms. The van der Waals surface area contributed by atoms with Crippen molar-refractivity contribution >= 4 is 17.5 Å². The van der Waals surface area contributed by atoms with Gasteiger partial charge >= 0.3 is 0 Å². The van der Waals surface area contributed by atoms with Gasteiger partial charge < -0.3 is 10.6 Å². The van der Waals surface area contributed by atoms with Gasteiger partial charge in [0.05, 0.1) is 0 Å². The lowest BCUT2D eigenvalue weighted by Crippen LogP contribution is -2.25. The van der Waals surface area contributed by atoms with Crippen LogP contribution < -0.4 is 10.6 Å². The Morgan fingerprint density at radius 3 is 2.39 bits per heavy atom. The molecule has 5 nitrogen and oxygen atoms in total. The number of benzene rings is 1. The molecule has 2 rings (SSSR count). The second kappa shape index (κ2) is 8.27. The summed E-state index contributed by atoms with van der Waals surface area (Å²) in [5.41, 5.74) is 3.86. The van der Waals surface area contributed by atoms with Crippen LogP contribution in [0.25, 0.3) is 0 Å². The summed E-state index contributed by atoms with van der Waals surface area (Å²) in [5.74, 6) is 0.279. The highest BCUT2D eigenvalue weighted by Crippen LogP contribution is 2.25. The minimum absolute atomic E-state index is 0.170. The standard InChI is InChI=1S/C18H24N4O/c1-4-11-19-17(23)15-10-12-20-18(21-15)22-16-13(5-2)8-7-9-14(16)6-3/h7-10,12H,4-6,11H2,1-3H3,(H,19,23)(H,20,21,22). The quantitative estimate of drug-likeness (QED) is 0.821. The van der Waals surface area contributed by atoms with E-state index < -0.39 is 0 Å². The lowest BCUT2D eigenvalue weighted by Gasteiger charge is -2.14. The van der Waals surface area contributed by atoms with E-state index in [2.05, 4.69) is 52.6 Å². The van der Waals surface area contributed by atoms with Crippen molar-refractivity contribution in [2.45, 2.75) is 40.0 Å². The summed E-state index contributed by atoms with van der Waals surface area (Å²) in [4.78, 5) is 20.6. The van der Waals surface area contributed by atoms with Crippen LogP contribution in [0.4, 0.5) is 11.6 Å². The summed E-state index contributed by atoms with van der Waals surface area (Å²) in [6, 6.07) is 7.89. The number of nitrogens with zero attached hydrogens (tertiary/aromatic N) is 2. The van der Waals surface area contributed by atoms with Crippen molar-refractivity contribution in [3.63, 3.8) is 0 Å². The number of hydrogen-bond acceptors (Lipinski definition) is 4. The summed E-state index contributed by atoms with van der Waals surface area (Å²) in [5, 5.41) is 6.12. The average Bonchev–Trinajstić information content (AvgIpc) is 2.60. The molecule has 1 amide bonds. The number of nitrogens with one attached hydrogen (secondary N) is 2. The van der Waals surface area contributed by atoms with Crippen molar-refractivity contribution in [1.29, 1.82) is 0 Å². The number of anilines is 2. The third kappa shape index (κ3) is 4.28. The summed E-state index contributed by atoms with van der Waals surface area (Å²) in [7, 11) is 0. The number of hydrogen-bond donors (Lipinski definition) is 2. The van der Waals surface area contributed by atoms with E-state index in [1.54, 1.807) is 12.3 Å². The summed E-state index contributed by atoms with van der Waals surface area (Å²) >= 11 is 0. The number of aryl methyl sites for hydroxylation is 2. The highest BCUT2D eigenvalue weighted by molar-refractivity contribution is 5.92. The van der Waals surface area contributed by atoms with Gasteiger partial charge in [0.15, 0.2) is 0 Å². The molecule has 0 aliphatic heterocycles. The number of aromatic nitrogens is 2. The van der Waals surface area contributed by atoms with Crippen LogP contribution in [0.2, 0.25) is 0 Å². The fourth-order valence-corrected chi connectivity index (χ4v) is 2.39. The maximum atomic E-state index is 12.0. The van der Waals surface area contributed by atoms with Gasteiger partial charge in [-0.1, -0.05) is 39.0 Å². The summed E-state index contributed by atoms with van der Waals surface area (Å²) < 4.78 is 0. The molecule has 0 atom stereocenters. The van der Waals surface area contributed by atoms with Crippen LogP contribution in [0, 0.1) is 0 Å². The smallest absolute Gasteiger partial charge is 0.270 e. The number of rotatable bonds is 7. The molecular weight excluding hydrogens is 288 g/mol. The summed E-state index contributed by atoms with van der Waals surface area (Å²) in [6.07, 6.45) is 4.35. The Morgan fingerprint density at radius 2 is 1.78 bits per heavy atom. The highest BCUT2D eigenvalue weighted by atomic mass is 16.1. The SMILES string of the molecule is CCCNC(=O)c1ccnc(Nc2c(CC)cccc2CC)n1. The van der Waals surface area contributed by atoms with Gasteiger partial charge in [0.1, 0.15) is 5.69 Å². The topological polar surface area (TPSA) is 66.9 Å². The largest absolute Gasteiger partial charge is 0.351 e. The van der Waals surface area contributed by atoms with Crippen LogP contribution >= 0.6 is 0 Å². The van der Waals surface area contributed by atoms with E-state index in [1.165, 1.54) is 11.1 Å². The molecule has 0 spiro atoms. The lowest BCUT2D eigenvalue weighted by atomic mass is 10.0. The Labute approximate surface area is 137 Å². The predicted molar refractivity (Wildman–Crippen MR) is 93.1 cm³/mol. The summed E-state index contributed by atoms with van der Waals surface area (Å²) in [6.45, 7) is 6.90. The predicted octanol–water partition coefficient (Wildman–Crippen LogP) is 3.48. The van der Waals surface area contributed by atoms with Gasteiger partial charge in [0.25, 0.3) is 5.91 Å². The van der Waals surface area contributed by atoms with Crippen molar-refractivity contribution in [3.8, 4) is 0 Å². The van der Waals surface area contributed by atoms with Gasteiger partial charge in [-0.25, -0.2) is 9.97 Å². The van der Waals surface area contributed by atoms with E-state index in [1.807, 2.05) is 6.92 Å². The molecule has 2 N–H and O–H groups in total. The molecule has 1 aromatic carbocycles. The van der Waals surface area contributed by atoms with Crippen LogP contribution in [-0.4, -0.2) is 22.4 Å². The third-order valence-electron chi connectivity index (χ3n) is 3.66. The van der Waals surface area contributed by atoms with Gasteiger partial charge in [-0.3, -0.25) is 4.79 Å². The molecule has 1 heterocycles. The first-order chi connectivity index (χ1) is 11.2. The third-order valence-corrected chi connectivity index (χ3v) is 3.66. The first kappa shape index (κ1) is 16.9. The van der Waals surface area contributed by atoms with Crippen molar-refractivity contribution in [2.75, 3.05) is 11.9 Å². The molecule has 5 heteroatoms. The Kier molecular flexibility index (Phi) is 6.09. The van der Waals surface area contributed by atoms with Crippen LogP contribution in [0.5, 0.6) is 0 Å². The number of carbonyl (C=O) groups is 1.